The minimum atomic E-state index is -0.477. The van der Waals surface area contributed by atoms with Crippen LogP contribution in [0.4, 0.5) is 0 Å². The maximum absolute atomic E-state index is 12.8. The van der Waals surface area contributed by atoms with E-state index in [1.807, 2.05) is 24.3 Å². The van der Waals surface area contributed by atoms with Crippen LogP contribution < -0.4 is 15.7 Å². The molecule has 0 spiro atoms. The molecule has 30 heavy (non-hydrogen) atoms. The number of hydrogen-bond acceptors (Lipinski definition) is 6. The number of halogens is 1. The standard InChI is InChI=1S/C22H12ClN3O3S/c23-15-8-4-7-14(11-15)17-10-9-16(29-17)12-18-21(28)26-22(30-18)24-20(27)19(25-26)13-5-2-1-3-6-13/h1-12H. The molecule has 0 N–H and O–H groups in total. The van der Waals surface area contributed by atoms with E-state index in [9.17, 15) is 9.59 Å². The van der Waals surface area contributed by atoms with E-state index in [0.717, 1.165) is 21.4 Å². The summed E-state index contributed by atoms with van der Waals surface area (Å²) in [5, 5.41) is 4.85. The zero-order chi connectivity index (χ0) is 20.7. The highest BCUT2D eigenvalue weighted by atomic mass is 35.5. The zero-order valence-electron chi connectivity index (χ0n) is 15.3. The first-order valence-corrected chi connectivity index (χ1v) is 10.1. The van der Waals surface area contributed by atoms with Gasteiger partial charge in [-0.25, -0.2) is 0 Å². The van der Waals surface area contributed by atoms with Gasteiger partial charge in [-0.2, -0.15) is 14.6 Å². The minimum absolute atomic E-state index is 0.135. The molecule has 0 saturated heterocycles. The summed E-state index contributed by atoms with van der Waals surface area (Å²) in [7, 11) is 0. The topological polar surface area (TPSA) is 77.5 Å². The van der Waals surface area contributed by atoms with E-state index in [-0.39, 0.29) is 16.2 Å². The van der Waals surface area contributed by atoms with Crippen molar-refractivity contribution < 1.29 is 4.42 Å². The lowest BCUT2D eigenvalue weighted by atomic mass is 10.2. The SMILES string of the molecule is O=c1nc2sc(=Cc3ccc(-c4cccc(Cl)c4)o3)c(=O)n2nc1-c1ccccc1. The van der Waals surface area contributed by atoms with Crippen LogP contribution in [0.15, 0.2) is 80.7 Å². The van der Waals surface area contributed by atoms with Crippen molar-refractivity contribution >= 4 is 34.0 Å². The second kappa shape index (κ2) is 7.37. The molecule has 0 amide bonds. The summed E-state index contributed by atoms with van der Waals surface area (Å²) in [6, 6.07) is 19.8. The molecular weight excluding hydrogens is 422 g/mol. The van der Waals surface area contributed by atoms with Crippen LogP contribution in [-0.4, -0.2) is 14.6 Å². The van der Waals surface area contributed by atoms with Crippen molar-refractivity contribution in [3.63, 3.8) is 0 Å². The fourth-order valence-corrected chi connectivity index (χ4v) is 4.12. The quantitative estimate of drug-likeness (QED) is 0.434. The van der Waals surface area contributed by atoms with E-state index in [1.54, 1.807) is 48.5 Å². The molecule has 0 aliphatic carbocycles. The van der Waals surface area contributed by atoms with Crippen LogP contribution in [-0.2, 0) is 0 Å². The molecule has 5 rings (SSSR count). The second-order valence-electron chi connectivity index (χ2n) is 6.45. The summed E-state index contributed by atoms with van der Waals surface area (Å²) in [6.45, 7) is 0. The molecule has 0 unspecified atom stereocenters. The first kappa shape index (κ1) is 18.5. The molecule has 2 aromatic carbocycles. The molecule has 0 bridgehead atoms. The molecule has 0 atom stereocenters. The molecule has 146 valence electrons. The summed E-state index contributed by atoms with van der Waals surface area (Å²) in [4.78, 5) is 29.5. The Morgan fingerprint density at radius 3 is 2.57 bits per heavy atom. The first-order valence-electron chi connectivity index (χ1n) is 8.95. The lowest BCUT2D eigenvalue weighted by Gasteiger charge is -1.98. The number of aromatic nitrogens is 3. The molecular formula is C22H12ClN3O3S. The van der Waals surface area contributed by atoms with Crippen molar-refractivity contribution in [2.45, 2.75) is 0 Å². The molecule has 0 aliphatic heterocycles. The fourth-order valence-electron chi connectivity index (χ4n) is 3.04. The van der Waals surface area contributed by atoms with Gasteiger partial charge in [-0.05, 0) is 24.3 Å². The average Bonchev–Trinajstić information content (AvgIpc) is 3.33. The molecule has 0 radical (unpaired) electrons. The Morgan fingerprint density at radius 1 is 0.967 bits per heavy atom. The van der Waals surface area contributed by atoms with E-state index in [0.29, 0.717) is 26.6 Å². The Balaban J connectivity index is 1.60. The summed E-state index contributed by atoms with van der Waals surface area (Å²) >= 11 is 7.12. The Labute approximate surface area is 178 Å². The van der Waals surface area contributed by atoms with Crippen LogP contribution in [0, 0.1) is 0 Å². The van der Waals surface area contributed by atoms with Crippen molar-refractivity contribution in [3.05, 3.63) is 103 Å². The number of furan rings is 1. The molecule has 0 saturated carbocycles. The van der Waals surface area contributed by atoms with Crippen molar-refractivity contribution in [1.82, 2.24) is 14.6 Å². The molecule has 0 aliphatic rings. The third-order valence-corrected chi connectivity index (χ3v) is 5.64. The van der Waals surface area contributed by atoms with Crippen molar-refractivity contribution in [2.75, 3.05) is 0 Å². The Morgan fingerprint density at radius 2 is 1.77 bits per heavy atom. The predicted octanol–water partition coefficient (Wildman–Crippen LogP) is 3.64. The highest BCUT2D eigenvalue weighted by Crippen LogP contribution is 2.25. The van der Waals surface area contributed by atoms with Crippen molar-refractivity contribution in [2.24, 2.45) is 0 Å². The van der Waals surface area contributed by atoms with Gasteiger partial charge < -0.3 is 4.42 Å². The van der Waals surface area contributed by atoms with Crippen molar-refractivity contribution in [3.8, 4) is 22.6 Å². The van der Waals surface area contributed by atoms with Gasteiger partial charge in [-0.15, -0.1) is 0 Å². The van der Waals surface area contributed by atoms with Gasteiger partial charge in [0.2, 0.25) is 4.96 Å². The molecule has 0 fully saturated rings. The Hall–Kier alpha value is -3.55. The maximum atomic E-state index is 12.8. The summed E-state index contributed by atoms with van der Waals surface area (Å²) in [5.74, 6) is 1.13. The van der Waals surface area contributed by atoms with Gasteiger partial charge in [-0.3, -0.25) is 9.59 Å². The summed E-state index contributed by atoms with van der Waals surface area (Å²) in [5.41, 5.74) is 0.742. The number of thiazole rings is 1. The number of rotatable bonds is 3. The second-order valence-corrected chi connectivity index (χ2v) is 7.90. The third kappa shape index (κ3) is 3.34. The van der Waals surface area contributed by atoms with Gasteiger partial charge >= 0.3 is 5.56 Å². The highest BCUT2D eigenvalue weighted by molar-refractivity contribution is 7.15. The van der Waals surface area contributed by atoms with Crippen LogP contribution in [0.5, 0.6) is 0 Å². The van der Waals surface area contributed by atoms with Crippen molar-refractivity contribution in [1.29, 1.82) is 0 Å². The third-order valence-electron chi connectivity index (χ3n) is 4.44. The van der Waals surface area contributed by atoms with E-state index < -0.39 is 5.56 Å². The average molecular weight is 434 g/mol. The highest BCUT2D eigenvalue weighted by Gasteiger charge is 2.13. The first-order chi connectivity index (χ1) is 14.6. The van der Waals surface area contributed by atoms with Crippen LogP contribution in [0.2, 0.25) is 5.02 Å². The zero-order valence-corrected chi connectivity index (χ0v) is 16.9. The van der Waals surface area contributed by atoms with Gasteiger partial charge in [0.1, 0.15) is 16.1 Å². The molecule has 8 heteroatoms. The van der Waals surface area contributed by atoms with E-state index >= 15 is 0 Å². The number of hydrogen-bond donors (Lipinski definition) is 0. The summed E-state index contributed by atoms with van der Waals surface area (Å²) < 4.78 is 7.36. The number of fused-ring (bicyclic) bond motifs is 1. The lowest BCUT2D eigenvalue weighted by Crippen LogP contribution is -2.26. The monoisotopic (exact) mass is 433 g/mol. The summed E-state index contributed by atoms with van der Waals surface area (Å²) in [6.07, 6.45) is 1.62. The molecule has 6 nitrogen and oxygen atoms in total. The van der Waals surface area contributed by atoms with Crippen LogP contribution in [0.25, 0.3) is 33.6 Å². The van der Waals surface area contributed by atoms with E-state index in [1.165, 1.54) is 0 Å². The van der Waals surface area contributed by atoms with E-state index in [2.05, 4.69) is 10.1 Å². The molecule has 3 heterocycles. The fraction of sp³-hybridized carbons (Fsp3) is 0. The molecule has 3 aromatic heterocycles. The van der Waals surface area contributed by atoms with Crippen LogP contribution in [0.3, 0.4) is 0 Å². The Kier molecular flexibility index (Phi) is 4.54. The maximum Gasteiger partial charge on any atom is 0.300 e. The number of benzene rings is 2. The van der Waals surface area contributed by atoms with Gasteiger partial charge in [0, 0.05) is 22.2 Å². The predicted molar refractivity (Wildman–Crippen MR) is 117 cm³/mol. The number of nitrogens with zero attached hydrogens (tertiary/aromatic N) is 3. The van der Waals surface area contributed by atoms with Gasteiger partial charge in [0.15, 0.2) is 5.69 Å². The van der Waals surface area contributed by atoms with Crippen LogP contribution >= 0.6 is 22.9 Å². The van der Waals surface area contributed by atoms with Crippen LogP contribution in [0.1, 0.15) is 5.76 Å². The normalized spacial score (nSPS) is 12.0. The minimum Gasteiger partial charge on any atom is -0.457 e. The van der Waals surface area contributed by atoms with E-state index in [4.69, 9.17) is 16.0 Å². The largest absolute Gasteiger partial charge is 0.457 e. The Bertz CT molecular complexity index is 1550. The van der Waals surface area contributed by atoms with Gasteiger partial charge in [-0.1, -0.05) is 65.4 Å². The lowest BCUT2D eigenvalue weighted by molar-refractivity contribution is 0.571. The smallest absolute Gasteiger partial charge is 0.300 e. The van der Waals surface area contributed by atoms with Gasteiger partial charge in [0.25, 0.3) is 5.56 Å². The molecule has 5 aromatic rings. The van der Waals surface area contributed by atoms with Gasteiger partial charge in [0.05, 0.1) is 0 Å².